The molecule has 2 fully saturated rings. The van der Waals surface area contributed by atoms with E-state index in [0.717, 1.165) is 49.8 Å². The molecule has 1 atom stereocenters. The van der Waals surface area contributed by atoms with Crippen molar-refractivity contribution in [1.82, 2.24) is 9.80 Å². The number of hydrogen-bond acceptors (Lipinski definition) is 4. The highest BCUT2D eigenvalue weighted by Gasteiger charge is 2.25. The fraction of sp³-hybridized carbons (Fsp3) is 0.632. The van der Waals surface area contributed by atoms with Crippen LogP contribution in [0.4, 0.5) is 10.5 Å². The number of hydrogen-bond donors (Lipinski definition) is 1. The number of rotatable bonds is 4. The number of nitrogens with one attached hydrogen (secondary N) is 1. The van der Waals surface area contributed by atoms with Gasteiger partial charge in [0.25, 0.3) is 0 Å². The summed E-state index contributed by atoms with van der Waals surface area (Å²) in [6.45, 7) is 5.42. The lowest BCUT2D eigenvalue weighted by Crippen LogP contribution is -2.45. The zero-order valence-corrected chi connectivity index (χ0v) is 15.9. The fourth-order valence-electron chi connectivity index (χ4n) is 3.56. The molecule has 5 nitrogen and oxygen atoms in total. The average Bonchev–Trinajstić information content (AvgIpc) is 2.89. The van der Waals surface area contributed by atoms with Gasteiger partial charge in [-0.2, -0.15) is 0 Å². The molecule has 2 amide bonds. The molecule has 0 saturated carbocycles. The molecule has 1 aromatic carbocycles. The topological polar surface area (TPSA) is 44.8 Å². The van der Waals surface area contributed by atoms with Crippen molar-refractivity contribution in [2.75, 3.05) is 50.9 Å². The Morgan fingerprint density at radius 3 is 2.80 bits per heavy atom. The third kappa shape index (κ3) is 5.36. The van der Waals surface area contributed by atoms with Gasteiger partial charge in [0.15, 0.2) is 0 Å². The predicted octanol–water partition coefficient (Wildman–Crippen LogP) is 3.52. The number of carbonyl (C=O) groups is 1. The molecule has 3 rings (SSSR count). The van der Waals surface area contributed by atoms with Gasteiger partial charge < -0.3 is 19.9 Å². The van der Waals surface area contributed by atoms with Gasteiger partial charge in [-0.05, 0) is 50.7 Å². The summed E-state index contributed by atoms with van der Waals surface area (Å²) < 4.78 is 6.01. The summed E-state index contributed by atoms with van der Waals surface area (Å²) in [6.07, 6.45) is 6.94. The number of piperidine rings is 1. The van der Waals surface area contributed by atoms with Gasteiger partial charge in [0, 0.05) is 31.1 Å². The van der Waals surface area contributed by atoms with Crippen LogP contribution in [0.15, 0.2) is 29.2 Å². The van der Waals surface area contributed by atoms with E-state index in [-0.39, 0.29) is 12.1 Å². The van der Waals surface area contributed by atoms with Gasteiger partial charge >= 0.3 is 6.03 Å². The van der Waals surface area contributed by atoms with Crippen LogP contribution in [0.25, 0.3) is 0 Å². The molecule has 6 heteroatoms. The second-order valence-corrected chi connectivity index (χ2v) is 7.63. The van der Waals surface area contributed by atoms with Crippen LogP contribution in [-0.2, 0) is 4.74 Å². The number of carbonyl (C=O) groups excluding carboxylic acids is 1. The number of amides is 2. The smallest absolute Gasteiger partial charge is 0.321 e. The minimum Gasteiger partial charge on any atom is -0.375 e. The third-order valence-corrected chi connectivity index (χ3v) is 5.69. The molecule has 0 spiro atoms. The second-order valence-electron chi connectivity index (χ2n) is 6.78. The summed E-state index contributed by atoms with van der Waals surface area (Å²) in [5.74, 6) is 0. The van der Waals surface area contributed by atoms with E-state index in [2.05, 4.69) is 10.2 Å². The van der Waals surface area contributed by atoms with Crippen LogP contribution >= 0.6 is 11.8 Å². The Balaban J connectivity index is 1.58. The fourth-order valence-corrected chi connectivity index (χ4v) is 4.12. The van der Waals surface area contributed by atoms with E-state index >= 15 is 0 Å². The number of anilines is 1. The monoisotopic (exact) mass is 363 g/mol. The first-order chi connectivity index (χ1) is 12.3. The second kappa shape index (κ2) is 9.46. The van der Waals surface area contributed by atoms with E-state index in [4.69, 9.17) is 4.74 Å². The first-order valence-electron chi connectivity index (χ1n) is 9.29. The highest BCUT2D eigenvalue weighted by atomic mass is 32.2. The summed E-state index contributed by atoms with van der Waals surface area (Å²) in [7, 11) is 0. The zero-order chi connectivity index (χ0) is 17.5. The summed E-state index contributed by atoms with van der Waals surface area (Å²) in [5, 5.41) is 3.08. The van der Waals surface area contributed by atoms with Crippen LogP contribution in [0.3, 0.4) is 0 Å². The van der Waals surface area contributed by atoms with Gasteiger partial charge in [0.1, 0.15) is 0 Å². The molecule has 0 aliphatic carbocycles. The van der Waals surface area contributed by atoms with Gasteiger partial charge in [0.2, 0.25) is 0 Å². The Bertz CT molecular complexity index is 563. The van der Waals surface area contributed by atoms with Crippen LogP contribution < -0.4 is 5.32 Å². The number of para-hydroxylation sites is 1. The highest BCUT2D eigenvalue weighted by Crippen LogP contribution is 2.25. The Labute approximate surface area is 155 Å². The molecule has 138 valence electrons. The lowest BCUT2D eigenvalue weighted by atomic mass is 10.1. The van der Waals surface area contributed by atoms with Gasteiger partial charge in [-0.1, -0.05) is 18.6 Å². The van der Waals surface area contributed by atoms with E-state index in [9.17, 15) is 4.79 Å². The van der Waals surface area contributed by atoms with Crippen LogP contribution in [-0.4, -0.2) is 67.5 Å². The zero-order valence-electron chi connectivity index (χ0n) is 15.1. The van der Waals surface area contributed by atoms with Crippen molar-refractivity contribution >= 4 is 23.5 Å². The lowest BCUT2D eigenvalue weighted by molar-refractivity contribution is 0.0261. The van der Waals surface area contributed by atoms with E-state index in [1.165, 1.54) is 19.3 Å². The van der Waals surface area contributed by atoms with Crippen molar-refractivity contribution < 1.29 is 9.53 Å². The Morgan fingerprint density at radius 2 is 2.00 bits per heavy atom. The molecule has 2 aliphatic heterocycles. The van der Waals surface area contributed by atoms with E-state index < -0.39 is 0 Å². The van der Waals surface area contributed by atoms with E-state index in [1.807, 2.05) is 35.4 Å². The number of thioether (sulfide) groups is 1. The molecule has 2 heterocycles. The molecule has 0 bridgehead atoms. The predicted molar refractivity (Wildman–Crippen MR) is 103 cm³/mol. The van der Waals surface area contributed by atoms with Crippen molar-refractivity contribution in [3.63, 3.8) is 0 Å². The molecular weight excluding hydrogens is 334 g/mol. The standard InChI is InChI=1S/C19H29N3O2S/c1-25-18-9-4-3-8-17(18)20-19(23)22-12-7-13-24-16(15-22)14-21-10-5-2-6-11-21/h3-4,8-9,16H,2,5-7,10-15H2,1H3,(H,20,23)/t16-/m0/s1. The highest BCUT2D eigenvalue weighted by molar-refractivity contribution is 7.98. The Hall–Kier alpha value is -1.24. The molecule has 0 aromatic heterocycles. The molecule has 1 N–H and O–H groups in total. The number of benzene rings is 1. The molecule has 0 unspecified atom stereocenters. The quantitative estimate of drug-likeness (QED) is 0.832. The van der Waals surface area contributed by atoms with E-state index in [0.29, 0.717) is 6.54 Å². The van der Waals surface area contributed by atoms with Crippen LogP contribution in [0, 0.1) is 0 Å². The van der Waals surface area contributed by atoms with Crippen LogP contribution in [0.2, 0.25) is 0 Å². The maximum atomic E-state index is 12.8. The van der Waals surface area contributed by atoms with Crippen molar-refractivity contribution in [2.24, 2.45) is 0 Å². The van der Waals surface area contributed by atoms with Crippen molar-refractivity contribution in [2.45, 2.75) is 36.7 Å². The van der Waals surface area contributed by atoms with Crippen LogP contribution in [0.5, 0.6) is 0 Å². The number of ether oxygens (including phenoxy) is 1. The lowest BCUT2D eigenvalue weighted by Gasteiger charge is -2.31. The summed E-state index contributed by atoms with van der Waals surface area (Å²) in [5.41, 5.74) is 0.887. The third-order valence-electron chi connectivity index (χ3n) is 4.90. The normalized spacial score (nSPS) is 22.4. The first-order valence-corrected chi connectivity index (χ1v) is 10.5. The molecule has 2 aliphatic rings. The minimum absolute atomic E-state index is 0.0179. The number of nitrogens with zero attached hydrogens (tertiary/aromatic N) is 2. The first kappa shape index (κ1) is 18.5. The SMILES string of the molecule is CSc1ccccc1NC(=O)N1CCCO[C@@H](CN2CCCCC2)C1. The minimum atomic E-state index is -0.0179. The largest absolute Gasteiger partial charge is 0.375 e. The summed E-state index contributed by atoms with van der Waals surface area (Å²) in [6, 6.07) is 7.93. The molecule has 25 heavy (non-hydrogen) atoms. The van der Waals surface area contributed by atoms with Crippen molar-refractivity contribution in [3.8, 4) is 0 Å². The average molecular weight is 364 g/mol. The molecule has 0 radical (unpaired) electrons. The van der Waals surface area contributed by atoms with Crippen molar-refractivity contribution in [1.29, 1.82) is 0 Å². The maximum absolute atomic E-state index is 12.8. The Kier molecular flexibility index (Phi) is 7.02. The van der Waals surface area contributed by atoms with Gasteiger partial charge in [-0.25, -0.2) is 4.79 Å². The van der Waals surface area contributed by atoms with Crippen molar-refractivity contribution in [3.05, 3.63) is 24.3 Å². The van der Waals surface area contributed by atoms with Crippen LogP contribution in [0.1, 0.15) is 25.7 Å². The Morgan fingerprint density at radius 1 is 1.20 bits per heavy atom. The summed E-state index contributed by atoms with van der Waals surface area (Å²) >= 11 is 1.65. The molecular formula is C19H29N3O2S. The molecule has 2 saturated heterocycles. The maximum Gasteiger partial charge on any atom is 0.321 e. The van der Waals surface area contributed by atoms with Gasteiger partial charge in [0.05, 0.1) is 11.8 Å². The van der Waals surface area contributed by atoms with Gasteiger partial charge in [-0.15, -0.1) is 11.8 Å². The molecule has 1 aromatic rings. The summed E-state index contributed by atoms with van der Waals surface area (Å²) in [4.78, 5) is 18.3. The number of likely N-dealkylation sites (tertiary alicyclic amines) is 1. The number of urea groups is 1. The van der Waals surface area contributed by atoms with E-state index in [1.54, 1.807) is 11.8 Å². The van der Waals surface area contributed by atoms with Gasteiger partial charge in [-0.3, -0.25) is 0 Å².